The van der Waals surface area contributed by atoms with Crippen LogP contribution in [0.5, 0.6) is 0 Å². The van der Waals surface area contributed by atoms with Crippen LogP contribution in [0.15, 0.2) is 55.1 Å². The van der Waals surface area contributed by atoms with Gasteiger partial charge in [0.1, 0.15) is 16.7 Å². The summed E-state index contributed by atoms with van der Waals surface area (Å²) in [4.78, 5) is 21.9. The first-order valence-electron chi connectivity index (χ1n) is 13.4. The number of unbranched alkanes of at least 4 members (excludes halogenated alkanes) is 1. The molecule has 9 nitrogen and oxygen atoms in total. The minimum atomic E-state index is -0.411. The molecule has 0 spiro atoms. The first-order valence-corrected chi connectivity index (χ1v) is 13.4. The summed E-state index contributed by atoms with van der Waals surface area (Å²) in [5.74, 6) is 1.04. The van der Waals surface area contributed by atoms with E-state index in [1.807, 2.05) is 18.2 Å². The molecule has 200 valence electrons. The van der Waals surface area contributed by atoms with E-state index in [1.54, 1.807) is 18.6 Å². The van der Waals surface area contributed by atoms with Crippen LogP contribution in [0.2, 0.25) is 0 Å². The van der Waals surface area contributed by atoms with Crippen LogP contribution in [0.25, 0.3) is 44.6 Å². The summed E-state index contributed by atoms with van der Waals surface area (Å²) in [5, 5.41) is 11.2. The van der Waals surface area contributed by atoms with Gasteiger partial charge >= 0.3 is 0 Å². The van der Waals surface area contributed by atoms with E-state index in [0.717, 1.165) is 79.2 Å². The highest BCUT2D eigenvalue weighted by atomic mass is 19.1. The lowest BCUT2D eigenvalue weighted by molar-refractivity contribution is 0.312. The zero-order chi connectivity index (χ0) is 26.9. The van der Waals surface area contributed by atoms with Crippen LogP contribution < -0.4 is 10.2 Å². The monoisotopic (exact) mass is 525 g/mol. The van der Waals surface area contributed by atoms with E-state index >= 15 is 4.39 Å². The molecular formula is C29H32FN9. The number of aromatic amines is 2. The van der Waals surface area contributed by atoms with E-state index in [4.69, 9.17) is 4.98 Å². The molecule has 3 N–H and O–H groups in total. The molecule has 6 rings (SSSR count). The van der Waals surface area contributed by atoms with Gasteiger partial charge in [0.15, 0.2) is 17.5 Å². The number of fused-ring (bicyclic) bond motifs is 2. The molecule has 5 heterocycles. The van der Waals surface area contributed by atoms with Gasteiger partial charge in [0, 0.05) is 55.2 Å². The van der Waals surface area contributed by atoms with E-state index in [0.29, 0.717) is 22.5 Å². The molecule has 1 aliphatic rings. The summed E-state index contributed by atoms with van der Waals surface area (Å²) < 4.78 is 15.3. The molecule has 1 fully saturated rings. The standard InChI is InChI=1S/C29H32FN9/c1-4-5-6-18(2)33-21-13-20(16-31-17-21)19-14-22-25(23(30)15-19)36-37-26(22)28-34-24-7-8-32-29(27(24)35-28)39-11-9-38(3)10-12-39/h7-8,13-17,33H,2,4-6,9-12H2,1,3H3,(H,34,35)(H,36,37). The number of benzene rings is 1. The molecule has 5 aromatic rings. The number of nitrogens with one attached hydrogen (secondary N) is 3. The van der Waals surface area contributed by atoms with Crippen molar-refractivity contribution in [2.24, 2.45) is 0 Å². The summed E-state index contributed by atoms with van der Waals surface area (Å²) >= 11 is 0. The molecule has 1 aromatic carbocycles. The summed E-state index contributed by atoms with van der Waals surface area (Å²) in [6.45, 7) is 9.99. The molecule has 0 radical (unpaired) electrons. The second-order valence-electron chi connectivity index (χ2n) is 10.2. The lowest BCUT2D eigenvalue weighted by Crippen LogP contribution is -2.44. The molecule has 0 atom stereocenters. The van der Waals surface area contributed by atoms with Crippen LogP contribution >= 0.6 is 0 Å². The van der Waals surface area contributed by atoms with Gasteiger partial charge in [-0.1, -0.05) is 19.9 Å². The fraction of sp³-hybridized carbons (Fsp3) is 0.310. The third-order valence-electron chi connectivity index (χ3n) is 7.26. The van der Waals surface area contributed by atoms with Crippen molar-refractivity contribution in [3.05, 3.63) is 60.9 Å². The van der Waals surface area contributed by atoms with E-state index in [-0.39, 0.29) is 5.52 Å². The van der Waals surface area contributed by atoms with Crippen LogP contribution in [0.4, 0.5) is 15.9 Å². The Labute approximate surface area is 226 Å². The van der Waals surface area contributed by atoms with Crippen molar-refractivity contribution in [3.63, 3.8) is 0 Å². The van der Waals surface area contributed by atoms with Crippen molar-refractivity contribution < 1.29 is 4.39 Å². The highest BCUT2D eigenvalue weighted by Gasteiger charge is 2.21. The van der Waals surface area contributed by atoms with Crippen LogP contribution in [-0.2, 0) is 0 Å². The Kier molecular flexibility index (Phi) is 6.70. The Morgan fingerprint density at radius 3 is 2.77 bits per heavy atom. The lowest BCUT2D eigenvalue weighted by atomic mass is 10.0. The quantitative estimate of drug-likeness (QED) is 0.243. The number of hydrogen-bond donors (Lipinski definition) is 3. The molecule has 0 bridgehead atoms. The Hall–Kier alpha value is -4.31. The number of pyridine rings is 2. The topological polar surface area (TPSA) is 102 Å². The van der Waals surface area contributed by atoms with E-state index < -0.39 is 5.82 Å². The number of hydrogen-bond acceptors (Lipinski definition) is 7. The van der Waals surface area contributed by atoms with Gasteiger partial charge < -0.3 is 20.1 Å². The van der Waals surface area contributed by atoms with Crippen LogP contribution in [-0.4, -0.2) is 68.3 Å². The second-order valence-corrected chi connectivity index (χ2v) is 10.2. The Morgan fingerprint density at radius 1 is 1.10 bits per heavy atom. The van der Waals surface area contributed by atoms with E-state index in [2.05, 4.69) is 60.8 Å². The third-order valence-corrected chi connectivity index (χ3v) is 7.26. The van der Waals surface area contributed by atoms with Gasteiger partial charge in [-0.3, -0.25) is 10.1 Å². The van der Waals surface area contributed by atoms with Crippen LogP contribution in [0.1, 0.15) is 26.2 Å². The molecule has 0 saturated carbocycles. The van der Waals surface area contributed by atoms with Gasteiger partial charge in [-0.25, -0.2) is 14.4 Å². The van der Waals surface area contributed by atoms with Gasteiger partial charge in [0.2, 0.25) is 0 Å². The minimum Gasteiger partial charge on any atom is -0.358 e. The molecule has 0 amide bonds. The Balaban J connectivity index is 1.36. The van der Waals surface area contributed by atoms with Crippen molar-refractivity contribution in [1.82, 2.24) is 35.0 Å². The number of imidazole rings is 1. The van der Waals surface area contributed by atoms with Crippen molar-refractivity contribution in [3.8, 4) is 22.6 Å². The van der Waals surface area contributed by atoms with Crippen LogP contribution in [0.3, 0.4) is 0 Å². The SMILES string of the molecule is C=C(CCCC)Nc1cncc(-c2cc(F)c3n[nH]c(-c4nc5c(N6CCN(C)CC6)nccc5[nH]4)c3c2)c1. The first-order chi connectivity index (χ1) is 19.0. The highest BCUT2D eigenvalue weighted by Crippen LogP contribution is 2.34. The molecule has 1 aliphatic heterocycles. The number of halogens is 1. The number of allylic oxidation sites excluding steroid dienone is 1. The number of aromatic nitrogens is 6. The fourth-order valence-corrected chi connectivity index (χ4v) is 5.03. The summed E-state index contributed by atoms with van der Waals surface area (Å²) in [6.07, 6.45) is 8.34. The maximum atomic E-state index is 15.3. The maximum Gasteiger partial charge on any atom is 0.157 e. The second kappa shape index (κ2) is 10.5. The molecule has 39 heavy (non-hydrogen) atoms. The number of likely N-dealkylation sites (N-methyl/N-ethyl adjacent to an activating group) is 1. The summed E-state index contributed by atoms with van der Waals surface area (Å²) in [6, 6.07) is 7.29. The molecule has 0 unspecified atom stereocenters. The Bertz CT molecular complexity index is 1650. The van der Waals surface area contributed by atoms with Gasteiger partial charge in [-0.15, -0.1) is 0 Å². The average Bonchev–Trinajstić information content (AvgIpc) is 3.57. The van der Waals surface area contributed by atoms with E-state index in [1.165, 1.54) is 6.07 Å². The maximum absolute atomic E-state index is 15.3. The highest BCUT2D eigenvalue weighted by molar-refractivity contribution is 5.97. The first kappa shape index (κ1) is 25.0. The fourth-order valence-electron chi connectivity index (χ4n) is 5.03. The van der Waals surface area contributed by atoms with Crippen molar-refractivity contribution in [2.75, 3.05) is 43.4 Å². The molecular weight excluding hydrogens is 493 g/mol. The van der Waals surface area contributed by atoms with Gasteiger partial charge in [-0.05, 0) is 49.7 Å². The number of H-pyrrole nitrogens is 2. The molecule has 0 aliphatic carbocycles. The lowest BCUT2D eigenvalue weighted by Gasteiger charge is -2.33. The molecule has 1 saturated heterocycles. The zero-order valence-electron chi connectivity index (χ0n) is 22.3. The summed E-state index contributed by atoms with van der Waals surface area (Å²) in [5.41, 5.74) is 5.81. The number of rotatable bonds is 8. The van der Waals surface area contributed by atoms with Crippen molar-refractivity contribution >= 4 is 33.4 Å². The predicted octanol–water partition coefficient (Wildman–Crippen LogP) is 5.57. The summed E-state index contributed by atoms with van der Waals surface area (Å²) in [7, 11) is 2.13. The Morgan fingerprint density at radius 2 is 1.95 bits per heavy atom. The van der Waals surface area contributed by atoms with Crippen molar-refractivity contribution in [1.29, 1.82) is 0 Å². The van der Waals surface area contributed by atoms with Gasteiger partial charge in [-0.2, -0.15) is 5.10 Å². The van der Waals surface area contributed by atoms with Gasteiger partial charge in [0.05, 0.1) is 17.4 Å². The van der Waals surface area contributed by atoms with E-state index in [9.17, 15) is 0 Å². The minimum absolute atomic E-state index is 0.266. The molecule has 10 heteroatoms. The van der Waals surface area contributed by atoms with Crippen LogP contribution in [0, 0.1) is 5.82 Å². The number of piperazine rings is 1. The predicted molar refractivity (Wildman–Crippen MR) is 154 cm³/mol. The number of anilines is 2. The van der Waals surface area contributed by atoms with Gasteiger partial charge in [0.25, 0.3) is 0 Å². The normalized spacial score (nSPS) is 14.4. The average molecular weight is 526 g/mol. The van der Waals surface area contributed by atoms with Crippen molar-refractivity contribution in [2.45, 2.75) is 26.2 Å². The molecule has 4 aromatic heterocycles. The zero-order valence-corrected chi connectivity index (χ0v) is 22.3. The third kappa shape index (κ3) is 4.95. The number of nitrogens with zero attached hydrogens (tertiary/aromatic N) is 6. The largest absolute Gasteiger partial charge is 0.358 e. The smallest absolute Gasteiger partial charge is 0.157 e.